The number of carbonyl (C=O) groups excluding carboxylic acids is 1. The van der Waals surface area contributed by atoms with E-state index >= 15 is 0 Å². The molecule has 0 bridgehead atoms. The minimum atomic E-state index is -0.522. The molecule has 0 aliphatic heterocycles. The molecule has 0 unspecified atom stereocenters. The lowest BCUT2D eigenvalue weighted by molar-refractivity contribution is -0.148. The van der Waals surface area contributed by atoms with Crippen molar-refractivity contribution in [2.45, 2.75) is 32.8 Å². The van der Waals surface area contributed by atoms with Crippen LogP contribution in [0.15, 0.2) is 52.9 Å². The molecule has 7 heteroatoms. The van der Waals surface area contributed by atoms with Gasteiger partial charge in [0.1, 0.15) is 5.75 Å². The Morgan fingerprint density at radius 2 is 1.71 bits per heavy atom. The Balaban J connectivity index is 1.47. The van der Waals surface area contributed by atoms with E-state index in [2.05, 4.69) is 31.0 Å². The second kappa shape index (κ2) is 8.44. The van der Waals surface area contributed by atoms with E-state index < -0.39 is 5.97 Å². The summed E-state index contributed by atoms with van der Waals surface area (Å²) >= 11 is 5.85. The highest BCUT2D eigenvalue weighted by Gasteiger charge is 2.14. The highest BCUT2D eigenvalue weighted by Crippen LogP contribution is 2.24. The van der Waals surface area contributed by atoms with E-state index in [0.717, 1.165) is 5.56 Å². The zero-order chi connectivity index (χ0) is 20.1. The largest absolute Gasteiger partial charge is 0.482 e. The molecule has 146 valence electrons. The van der Waals surface area contributed by atoms with E-state index in [1.165, 1.54) is 5.56 Å². The van der Waals surface area contributed by atoms with Crippen LogP contribution in [0.4, 0.5) is 0 Å². The predicted octanol–water partition coefficient (Wildman–Crippen LogP) is 4.81. The quantitative estimate of drug-likeness (QED) is 0.553. The lowest BCUT2D eigenvalue weighted by atomic mass is 9.87. The summed E-state index contributed by atoms with van der Waals surface area (Å²) in [6.45, 7) is 6.08. The van der Waals surface area contributed by atoms with Gasteiger partial charge < -0.3 is 13.9 Å². The maximum absolute atomic E-state index is 11.9. The van der Waals surface area contributed by atoms with E-state index in [4.69, 9.17) is 25.5 Å². The summed E-state index contributed by atoms with van der Waals surface area (Å²) in [5.41, 5.74) is 1.98. The zero-order valence-corrected chi connectivity index (χ0v) is 16.7. The lowest BCUT2D eigenvalue weighted by Crippen LogP contribution is -2.15. The van der Waals surface area contributed by atoms with Gasteiger partial charge >= 0.3 is 5.97 Å². The van der Waals surface area contributed by atoms with Crippen molar-refractivity contribution in [1.82, 2.24) is 10.2 Å². The molecule has 1 aromatic heterocycles. The molecular formula is C21H21ClN2O4. The maximum atomic E-state index is 11.9. The van der Waals surface area contributed by atoms with Gasteiger partial charge in [-0.3, -0.25) is 0 Å². The SMILES string of the molecule is CC(C)(C)c1ccc(OCC(=O)OCc2nnc(-c3ccc(Cl)cc3)o2)cc1. The first kappa shape index (κ1) is 19.9. The van der Waals surface area contributed by atoms with Crippen LogP contribution in [-0.4, -0.2) is 22.8 Å². The van der Waals surface area contributed by atoms with Gasteiger partial charge in [0.25, 0.3) is 5.89 Å². The maximum Gasteiger partial charge on any atom is 0.344 e. The molecule has 0 saturated carbocycles. The zero-order valence-electron chi connectivity index (χ0n) is 15.9. The molecule has 0 radical (unpaired) electrons. The molecule has 0 spiro atoms. The van der Waals surface area contributed by atoms with Crippen LogP contribution in [0.5, 0.6) is 5.75 Å². The van der Waals surface area contributed by atoms with Crippen molar-refractivity contribution in [3.05, 3.63) is 65.0 Å². The summed E-state index contributed by atoms with van der Waals surface area (Å²) in [4.78, 5) is 11.9. The average molecular weight is 401 g/mol. The van der Waals surface area contributed by atoms with Gasteiger partial charge in [-0.05, 0) is 47.4 Å². The van der Waals surface area contributed by atoms with Crippen LogP contribution in [0.3, 0.4) is 0 Å². The molecule has 28 heavy (non-hydrogen) atoms. The Labute approximate surface area is 168 Å². The van der Waals surface area contributed by atoms with E-state index in [1.54, 1.807) is 24.3 Å². The third kappa shape index (κ3) is 5.33. The van der Waals surface area contributed by atoms with Gasteiger partial charge in [0.15, 0.2) is 13.2 Å². The first-order valence-electron chi connectivity index (χ1n) is 8.78. The van der Waals surface area contributed by atoms with E-state index in [9.17, 15) is 4.79 Å². The Morgan fingerprint density at radius 1 is 1.04 bits per heavy atom. The number of rotatable bonds is 6. The van der Waals surface area contributed by atoms with Crippen LogP contribution in [0.2, 0.25) is 5.02 Å². The fourth-order valence-electron chi connectivity index (χ4n) is 2.40. The fourth-order valence-corrected chi connectivity index (χ4v) is 2.52. The van der Waals surface area contributed by atoms with Crippen LogP contribution >= 0.6 is 11.6 Å². The van der Waals surface area contributed by atoms with Crippen molar-refractivity contribution in [3.8, 4) is 17.2 Å². The van der Waals surface area contributed by atoms with Crippen molar-refractivity contribution < 1.29 is 18.7 Å². The van der Waals surface area contributed by atoms with Crippen molar-refractivity contribution in [3.63, 3.8) is 0 Å². The van der Waals surface area contributed by atoms with Crippen LogP contribution in [0.25, 0.3) is 11.5 Å². The molecule has 6 nitrogen and oxygen atoms in total. The van der Waals surface area contributed by atoms with Crippen molar-refractivity contribution in [2.75, 3.05) is 6.61 Å². The summed E-state index contributed by atoms with van der Waals surface area (Å²) in [7, 11) is 0. The van der Waals surface area contributed by atoms with E-state index in [-0.39, 0.29) is 24.5 Å². The summed E-state index contributed by atoms with van der Waals surface area (Å²) in [6, 6.07) is 14.6. The Morgan fingerprint density at radius 3 is 2.36 bits per heavy atom. The third-order valence-electron chi connectivity index (χ3n) is 3.99. The van der Waals surface area contributed by atoms with Gasteiger partial charge in [-0.25, -0.2) is 4.79 Å². The monoisotopic (exact) mass is 400 g/mol. The summed E-state index contributed by atoms with van der Waals surface area (Å²) in [5.74, 6) is 0.615. The highest BCUT2D eigenvalue weighted by atomic mass is 35.5. The molecule has 2 aromatic carbocycles. The van der Waals surface area contributed by atoms with Gasteiger partial charge in [0.2, 0.25) is 5.89 Å². The molecule has 0 aliphatic rings. The van der Waals surface area contributed by atoms with Gasteiger partial charge in [0.05, 0.1) is 0 Å². The first-order chi connectivity index (χ1) is 13.3. The normalized spacial score (nSPS) is 11.3. The smallest absolute Gasteiger partial charge is 0.344 e. The first-order valence-corrected chi connectivity index (χ1v) is 9.16. The number of halogens is 1. The van der Waals surface area contributed by atoms with Crippen LogP contribution in [0, 0.1) is 0 Å². The number of benzene rings is 2. The number of hydrogen-bond donors (Lipinski definition) is 0. The van der Waals surface area contributed by atoms with Crippen molar-refractivity contribution in [2.24, 2.45) is 0 Å². The molecule has 0 saturated heterocycles. The summed E-state index contributed by atoms with van der Waals surface area (Å²) in [6.07, 6.45) is 0. The average Bonchev–Trinajstić information content (AvgIpc) is 3.14. The summed E-state index contributed by atoms with van der Waals surface area (Å²) in [5, 5.41) is 8.42. The molecule has 0 amide bonds. The molecule has 0 fully saturated rings. The minimum Gasteiger partial charge on any atom is -0.482 e. The molecule has 0 N–H and O–H groups in total. The number of ether oxygens (including phenoxy) is 2. The van der Waals surface area contributed by atoms with Gasteiger partial charge in [0, 0.05) is 10.6 Å². The third-order valence-corrected chi connectivity index (χ3v) is 4.24. The Bertz CT molecular complexity index is 928. The molecule has 3 aromatic rings. The molecule has 3 rings (SSSR count). The van der Waals surface area contributed by atoms with Crippen LogP contribution in [0.1, 0.15) is 32.2 Å². The van der Waals surface area contributed by atoms with Crippen molar-refractivity contribution >= 4 is 17.6 Å². The molecule has 1 heterocycles. The van der Waals surface area contributed by atoms with Crippen LogP contribution < -0.4 is 4.74 Å². The van der Waals surface area contributed by atoms with E-state index in [1.807, 2.05) is 24.3 Å². The number of aromatic nitrogens is 2. The predicted molar refractivity (Wildman–Crippen MR) is 105 cm³/mol. The number of esters is 1. The highest BCUT2D eigenvalue weighted by molar-refractivity contribution is 6.30. The Hall–Kier alpha value is -2.86. The van der Waals surface area contributed by atoms with Gasteiger partial charge in [-0.2, -0.15) is 0 Å². The van der Waals surface area contributed by atoms with Gasteiger partial charge in [-0.1, -0.05) is 44.5 Å². The van der Waals surface area contributed by atoms with E-state index in [0.29, 0.717) is 16.7 Å². The second-order valence-electron chi connectivity index (χ2n) is 7.23. The number of hydrogen-bond acceptors (Lipinski definition) is 6. The number of nitrogens with zero attached hydrogens (tertiary/aromatic N) is 2. The van der Waals surface area contributed by atoms with Gasteiger partial charge in [-0.15, -0.1) is 10.2 Å². The lowest BCUT2D eigenvalue weighted by Gasteiger charge is -2.19. The van der Waals surface area contributed by atoms with Crippen molar-refractivity contribution in [1.29, 1.82) is 0 Å². The molecular weight excluding hydrogens is 380 g/mol. The Kier molecular flexibility index (Phi) is 5.99. The minimum absolute atomic E-state index is 0.0619. The second-order valence-corrected chi connectivity index (χ2v) is 7.67. The molecule has 0 aliphatic carbocycles. The standard InChI is InChI=1S/C21H21ClN2O4/c1-21(2,3)15-6-10-17(11-7-15)26-13-19(25)27-12-18-23-24-20(28-18)14-4-8-16(22)9-5-14/h4-11H,12-13H2,1-3H3. The van der Waals surface area contributed by atoms with Crippen LogP contribution in [-0.2, 0) is 21.6 Å². The number of carbonyl (C=O) groups is 1. The fraction of sp³-hybridized carbons (Fsp3) is 0.286. The summed E-state index contributed by atoms with van der Waals surface area (Å²) < 4.78 is 16.1. The molecule has 0 atom stereocenters. The topological polar surface area (TPSA) is 74.5 Å².